The smallest absolute Gasteiger partial charge is 0.209 e. The molecule has 0 unspecified atom stereocenters. The van der Waals surface area contributed by atoms with Crippen LogP contribution in [0.2, 0.25) is 0 Å². The molecule has 2 nitrogen and oxygen atoms in total. The maximum atomic E-state index is 2.84. The minimum Gasteiger partial charge on any atom is -0.347 e. The number of benzene rings is 6. The fourth-order valence-electron chi connectivity index (χ4n) is 23.8. The topological polar surface area (TPSA) is 6.25 Å². The molecule has 2 aliphatic heterocycles. The van der Waals surface area contributed by atoms with Crippen molar-refractivity contribution in [1.29, 1.82) is 0 Å². The maximum Gasteiger partial charge on any atom is 0.209 e. The van der Waals surface area contributed by atoms with E-state index in [9.17, 15) is 0 Å². The summed E-state index contributed by atoms with van der Waals surface area (Å²) in [7, 11) is 4.49. The second-order valence-corrected chi connectivity index (χ2v) is 36.6. The van der Waals surface area contributed by atoms with Crippen molar-refractivity contribution >= 4 is 17.1 Å². The number of fused-ring (bicyclic) bond motifs is 6. The molecule has 0 aromatic heterocycles. The Morgan fingerprint density at radius 1 is 0.343 bits per heavy atom. The summed E-state index contributed by atoms with van der Waals surface area (Å²) in [5.41, 5.74) is 33.6. The van der Waals surface area contributed by atoms with Gasteiger partial charge >= 0.3 is 0 Å². The minimum absolute atomic E-state index is 0.0972. The summed E-state index contributed by atoms with van der Waals surface area (Å²) in [5.74, 6) is 0. The molecular weight excluding hydrogens is 1190 g/mol. The molecule has 6 aromatic rings. The lowest BCUT2D eigenvalue weighted by Gasteiger charge is -2.34. The summed E-state index contributed by atoms with van der Waals surface area (Å²) in [4.78, 5) is 2.41. The highest BCUT2D eigenvalue weighted by Crippen LogP contribution is 2.67. The second kappa shape index (κ2) is 26.5. The summed E-state index contributed by atoms with van der Waals surface area (Å²) in [6.07, 6.45) is 40.7. The number of rotatable bonds is 24. The van der Waals surface area contributed by atoms with E-state index in [4.69, 9.17) is 0 Å². The zero-order valence-electron chi connectivity index (χ0n) is 66.3. The molecule has 0 bridgehead atoms. The molecule has 4 aliphatic carbocycles. The Morgan fingerprint density at radius 2 is 0.657 bits per heavy atom. The molecule has 0 fully saturated rings. The molecule has 99 heavy (non-hydrogen) atoms. The summed E-state index contributed by atoms with van der Waals surface area (Å²) in [6.45, 7) is 49.6. The van der Waals surface area contributed by atoms with Gasteiger partial charge in [0.15, 0.2) is 5.71 Å². The molecule has 2 heteroatoms. The van der Waals surface area contributed by atoms with Gasteiger partial charge in [0.25, 0.3) is 0 Å². The third-order valence-electron chi connectivity index (χ3n) is 26.6. The normalized spacial score (nSPS) is 21.2. The van der Waals surface area contributed by atoms with Crippen molar-refractivity contribution in [2.75, 3.05) is 19.0 Å². The zero-order valence-corrected chi connectivity index (χ0v) is 66.3. The van der Waals surface area contributed by atoms with Gasteiger partial charge in [0, 0.05) is 41.6 Å². The molecule has 0 saturated heterocycles. The number of anilines is 1. The van der Waals surface area contributed by atoms with Gasteiger partial charge < -0.3 is 4.90 Å². The lowest BCUT2D eigenvalue weighted by molar-refractivity contribution is -0.401. The monoisotopic (exact) mass is 1320 g/mol. The Balaban J connectivity index is 0.771. The highest BCUT2D eigenvalue weighted by Gasteiger charge is 2.57. The van der Waals surface area contributed by atoms with Crippen LogP contribution >= 0.6 is 0 Å². The van der Waals surface area contributed by atoms with E-state index in [0.717, 1.165) is 0 Å². The Labute approximate surface area is 603 Å². The van der Waals surface area contributed by atoms with Crippen LogP contribution < -0.4 is 4.90 Å². The third-order valence-corrected chi connectivity index (χ3v) is 26.6. The first-order valence-electron chi connectivity index (χ1n) is 40.0. The fraction of sp³-hybridized carbons (Fsp3) is 0.536. The maximum absolute atomic E-state index is 2.84. The van der Waals surface area contributed by atoms with E-state index < -0.39 is 0 Å². The number of nitrogens with zero attached hydrogens (tertiary/aromatic N) is 2. The Morgan fingerprint density at radius 3 is 1.02 bits per heavy atom. The van der Waals surface area contributed by atoms with Crippen LogP contribution in [0.4, 0.5) is 11.4 Å². The largest absolute Gasteiger partial charge is 0.347 e. The van der Waals surface area contributed by atoms with Crippen molar-refractivity contribution in [3.05, 3.63) is 201 Å². The Kier molecular flexibility index (Phi) is 19.4. The number of likely N-dealkylation sites (N-methyl/N-ethyl adjacent to an activating group) is 1. The van der Waals surface area contributed by atoms with Crippen LogP contribution in [0.5, 0.6) is 0 Å². The summed E-state index contributed by atoms with van der Waals surface area (Å²) >= 11 is 0. The average Bonchev–Trinajstić information content (AvgIpc) is 1.53. The van der Waals surface area contributed by atoms with Gasteiger partial charge in [-0.15, -0.1) is 0 Å². The molecule has 0 amide bonds. The van der Waals surface area contributed by atoms with Crippen LogP contribution in [-0.4, -0.2) is 24.4 Å². The highest BCUT2D eigenvalue weighted by atomic mass is 15.2. The van der Waals surface area contributed by atoms with Crippen LogP contribution in [0.15, 0.2) is 145 Å². The van der Waals surface area contributed by atoms with Crippen molar-refractivity contribution in [1.82, 2.24) is 0 Å². The van der Waals surface area contributed by atoms with Crippen LogP contribution in [-0.2, 0) is 54.1 Å². The average molecular weight is 1320 g/mol. The molecule has 0 N–H and O–H groups in total. The number of hydrogen-bond donors (Lipinski definition) is 0. The van der Waals surface area contributed by atoms with Gasteiger partial charge in [0.2, 0.25) is 5.69 Å². The molecule has 6 aliphatic rings. The summed E-state index contributed by atoms with van der Waals surface area (Å²) in [5, 5.41) is 0. The quantitative estimate of drug-likeness (QED) is 0.0432. The van der Waals surface area contributed by atoms with Crippen LogP contribution in [0.3, 0.4) is 0 Å². The minimum atomic E-state index is -0.166. The van der Waals surface area contributed by atoms with E-state index in [1.165, 1.54) is 196 Å². The Hall–Kier alpha value is -6.25. The fourth-order valence-corrected chi connectivity index (χ4v) is 23.8. The third kappa shape index (κ3) is 11.8. The van der Waals surface area contributed by atoms with Gasteiger partial charge in [0.1, 0.15) is 7.05 Å². The van der Waals surface area contributed by atoms with E-state index in [1.54, 1.807) is 55.6 Å². The first-order chi connectivity index (χ1) is 46.9. The van der Waals surface area contributed by atoms with Crippen molar-refractivity contribution in [2.45, 2.75) is 321 Å². The first kappa shape index (κ1) is 72.5. The summed E-state index contributed by atoms with van der Waals surface area (Å²) < 4.78 is 2.41. The lowest BCUT2D eigenvalue weighted by Crippen LogP contribution is -2.27. The van der Waals surface area contributed by atoms with Gasteiger partial charge in [-0.25, -0.2) is 0 Å². The lowest BCUT2D eigenvalue weighted by atomic mass is 9.69. The molecule has 0 spiro atoms. The van der Waals surface area contributed by atoms with Gasteiger partial charge in [-0.05, 0) is 259 Å². The van der Waals surface area contributed by atoms with Crippen LogP contribution in [0, 0.1) is 0 Å². The van der Waals surface area contributed by atoms with Gasteiger partial charge in [-0.3, -0.25) is 0 Å². The molecule has 0 atom stereocenters. The summed E-state index contributed by atoms with van der Waals surface area (Å²) in [6, 6.07) is 39.9. The van der Waals surface area contributed by atoms with Crippen molar-refractivity contribution in [3.63, 3.8) is 0 Å². The molecule has 0 radical (unpaired) electrons. The Bertz CT molecular complexity index is 4060. The van der Waals surface area contributed by atoms with Gasteiger partial charge in [0.05, 0.1) is 5.41 Å². The van der Waals surface area contributed by atoms with E-state index in [0.29, 0.717) is 0 Å². The van der Waals surface area contributed by atoms with Crippen molar-refractivity contribution in [2.24, 2.45) is 0 Å². The predicted octanol–water partition coefficient (Wildman–Crippen LogP) is 27.4. The van der Waals surface area contributed by atoms with E-state index in [1.807, 2.05) is 0 Å². The predicted molar refractivity (Wildman–Crippen MR) is 432 cm³/mol. The first-order valence-corrected chi connectivity index (χ1v) is 40.0. The van der Waals surface area contributed by atoms with Crippen molar-refractivity contribution < 1.29 is 4.58 Å². The van der Waals surface area contributed by atoms with E-state index in [-0.39, 0.29) is 54.1 Å². The molecule has 2 heterocycles. The molecule has 12 rings (SSSR count). The SMILES string of the molecule is CCCC1(CCC)CC(C)(C)c2c1cc1c(c2-c2ccc(-c3ccc4c(c3)C(C)(C)C(/C=C/C=C/C=C/C=C3/N(C)c5ccc(-c6ccc(-c7c8c(cc9c7C(C)(C)CC9(CCC)CCC)C(CCC)(CCC)CC8(C)C)cc6)cc5C3(C)C)=[N+]4C)cc2)C(C)(C)CC1(CCC)CCC. The van der Waals surface area contributed by atoms with Crippen LogP contribution in [0.1, 0.15) is 323 Å². The van der Waals surface area contributed by atoms with Gasteiger partial charge in [-0.1, -0.05) is 273 Å². The van der Waals surface area contributed by atoms with E-state index in [2.05, 4.69) is 302 Å². The zero-order chi connectivity index (χ0) is 71.3. The highest BCUT2D eigenvalue weighted by molar-refractivity contribution is 6.03. The molecule has 6 aromatic carbocycles. The van der Waals surface area contributed by atoms with Gasteiger partial charge in [-0.2, -0.15) is 4.58 Å². The molecule has 526 valence electrons. The number of allylic oxidation sites excluding steroid dienone is 8. The van der Waals surface area contributed by atoms with Crippen molar-refractivity contribution in [3.8, 4) is 44.5 Å². The number of hydrogen-bond acceptors (Lipinski definition) is 1. The molecular formula is C97H129N2+. The standard InChI is InChI=1S/C97H129N2/c1-23-50-94(51-24-2)62-88(9,10)84-74(94)60-75-85(89(11,12)63-95(75,52-25-3)53-26-4)82(84)68-42-38-66(39-43-68)70-46-48-78-72(58-70)92(17,18)80(98(78)21)36-34-32-31-33-35-37-81-93(19,20)73-59-71(47-49-79(73)99(81)22)67-40-44-69(45-41-67)83-86-76(96(54-27-5,55-28-6)64-90(86,13)14)61-77-87(83)91(15,16)65-97(77,56-29-7)57-30-8/h31-49,58-61H,23-30,50-57,62-65H2,1-22H3/q+1. The molecule has 0 saturated carbocycles. The van der Waals surface area contributed by atoms with E-state index >= 15 is 0 Å². The second-order valence-electron chi connectivity index (χ2n) is 36.6. The van der Waals surface area contributed by atoms with Crippen LogP contribution in [0.25, 0.3) is 44.5 Å².